The molecule has 13 heavy (non-hydrogen) atoms. The first-order valence-electron chi connectivity index (χ1n) is 5.23. The average Bonchev–Trinajstić information content (AvgIpc) is 2.15. The van der Waals surface area contributed by atoms with Crippen LogP contribution in [0.25, 0.3) is 0 Å². The van der Waals surface area contributed by atoms with Gasteiger partial charge in [0.25, 0.3) is 0 Å². The second kappa shape index (κ2) is 3.29. The van der Waals surface area contributed by atoms with Crippen LogP contribution in [0.1, 0.15) is 32.6 Å². The zero-order valence-corrected chi connectivity index (χ0v) is 8.42. The summed E-state index contributed by atoms with van der Waals surface area (Å²) in [5.41, 5.74) is 0. The third-order valence-electron chi connectivity index (χ3n) is 3.41. The highest BCUT2D eigenvalue weighted by molar-refractivity contribution is 5.82. The molecule has 0 spiro atoms. The van der Waals surface area contributed by atoms with E-state index < -0.39 is 0 Å². The van der Waals surface area contributed by atoms with Crippen LogP contribution in [0.3, 0.4) is 0 Å². The zero-order chi connectivity index (χ0) is 9.42. The number of hydrogen-bond acceptors (Lipinski definition) is 2. The summed E-state index contributed by atoms with van der Waals surface area (Å²) in [6, 6.07) is 1.02. The molecule has 1 N–H and O–H groups in total. The van der Waals surface area contributed by atoms with Gasteiger partial charge < -0.3 is 10.2 Å². The Balaban J connectivity index is 2.12. The normalized spacial score (nSPS) is 40.3. The molecule has 1 saturated heterocycles. The summed E-state index contributed by atoms with van der Waals surface area (Å²) in [6.45, 7) is 1.96. The summed E-state index contributed by atoms with van der Waals surface area (Å²) < 4.78 is 0. The van der Waals surface area contributed by atoms with Crippen molar-refractivity contribution in [1.82, 2.24) is 10.2 Å². The van der Waals surface area contributed by atoms with Crippen molar-refractivity contribution in [1.29, 1.82) is 0 Å². The number of carbonyl (C=O) groups excluding carboxylic acids is 1. The van der Waals surface area contributed by atoms with E-state index in [0.29, 0.717) is 12.1 Å². The fourth-order valence-corrected chi connectivity index (χ4v) is 2.63. The molecule has 0 bridgehead atoms. The lowest BCUT2D eigenvalue weighted by Gasteiger charge is -2.45. The predicted molar refractivity (Wildman–Crippen MR) is 51.4 cm³/mol. The van der Waals surface area contributed by atoms with Gasteiger partial charge in [-0.25, -0.2) is 0 Å². The molecule has 2 fully saturated rings. The second-order valence-corrected chi connectivity index (χ2v) is 4.30. The molecule has 0 aromatic carbocycles. The number of nitrogens with zero attached hydrogens (tertiary/aromatic N) is 1. The van der Waals surface area contributed by atoms with Crippen LogP contribution in [-0.4, -0.2) is 36.0 Å². The molecule has 1 amide bonds. The number of carbonyl (C=O) groups is 1. The summed E-state index contributed by atoms with van der Waals surface area (Å²) >= 11 is 0. The number of rotatable bonds is 0. The number of nitrogens with one attached hydrogen (secondary N) is 1. The molecule has 0 radical (unpaired) electrons. The number of piperazine rings is 1. The van der Waals surface area contributed by atoms with Gasteiger partial charge in [-0.1, -0.05) is 12.8 Å². The van der Waals surface area contributed by atoms with Crippen LogP contribution in [-0.2, 0) is 4.79 Å². The molecule has 3 atom stereocenters. The van der Waals surface area contributed by atoms with Gasteiger partial charge in [0.05, 0.1) is 6.04 Å². The van der Waals surface area contributed by atoms with Crippen molar-refractivity contribution in [2.24, 2.45) is 0 Å². The van der Waals surface area contributed by atoms with Crippen LogP contribution >= 0.6 is 0 Å². The molecule has 2 aliphatic rings. The lowest BCUT2D eigenvalue weighted by Crippen LogP contribution is -2.64. The van der Waals surface area contributed by atoms with E-state index in [1.165, 1.54) is 25.7 Å². The molecule has 0 aromatic heterocycles. The van der Waals surface area contributed by atoms with E-state index in [0.717, 1.165) is 0 Å². The fourth-order valence-electron chi connectivity index (χ4n) is 2.63. The van der Waals surface area contributed by atoms with Gasteiger partial charge in [0.15, 0.2) is 0 Å². The summed E-state index contributed by atoms with van der Waals surface area (Å²) in [7, 11) is 1.95. The van der Waals surface area contributed by atoms with Gasteiger partial charge in [0, 0.05) is 19.1 Å². The van der Waals surface area contributed by atoms with Gasteiger partial charge in [-0.2, -0.15) is 0 Å². The van der Waals surface area contributed by atoms with E-state index >= 15 is 0 Å². The highest BCUT2D eigenvalue weighted by Crippen LogP contribution is 2.26. The Hall–Kier alpha value is -0.570. The average molecular weight is 182 g/mol. The first-order valence-corrected chi connectivity index (χ1v) is 5.23. The maximum Gasteiger partial charge on any atom is 0.239 e. The minimum absolute atomic E-state index is 0.0179. The Kier molecular flexibility index (Phi) is 2.28. The molecule has 0 aromatic rings. The van der Waals surface area contributed by atoms with Crippen LogP contribution in [0.5, 0.6) is 0 Å². The van der Waals surface area contributed by atoms with Gasteiger partial charge >= 0.3 is 0 Å². The largest absolute Gasteiger partial charge is 0.340 e. The maximum absolute atomic E-state index is 11.6. The number of fused-ring (bicyclic) bond motifs is 1. The summed E-state index contributed by atoms with van der Waals surface area (Å²) in [6.07, 6.45) is 4.98. The fraction of sp³-hybridized carbons (Fsp3) is 0.900. The van der Waals surface area contributed by atoms with Crippen LogP contribution in [0.15, 0.2) is 0 Å². The summed E-state index contributed by atoms with van der Waals surface area (Å²) in [5.74, 6) is 0.253. The highest BCUT2D eigenvalue weighted by atomic mass is 16.2. The van der Waals surface area contributed by atoms with Crippen molar-refractivity contribution in [3.05, 3.63) is 0 Å². The lowest BCUT2D eigenvalue weighted by molar-refractivity contribution is -0.139. The molecule has 3 nitrogen and oxygen atoms in total. The van der Waals surface area contributed by atoms with Gasteiger partial charge in [-0.15, -0.1) is 0 Å². The Morgan fingerprint density at radius 3 is 2.85 bits per heavy atom. The first kappa shape index (κ1) is 9.00. The zero-order valence-electron chi connectivity index (χ0n) is 8.42. The Morgan fingerprint density at radius 1 is 1.38 bits per heavy atom. The van der Waals surface area contributed by atoms with Crippen molar-refractivity contribution in [3.8, 4) is 0 Å². The molecular weight excluding hydrogens is 164 g/mol. The van der Waals surface area contributed by atoms with Crippen LogP contribution < -0.4 is 5.32 Å². The van der Waals surface area contributed by atoms with Crippen LogP contribution in [0.4, 0.5) is 0 Å². The molecule has 1 saturated carbocycles. The minimum atomic E-state index is 0.0179. The maximum atomic E-state index is 11.6. The lowest BCUT2D eigenvalue weighted by atomic mass is 9.86. The standard InChI is InChI=1S/C10H18N2O/c1-7-10(13)12(2)9-6-4-3-5-8(9)11-7/h7-9,11H,3-6H2,1-2H3. The third kappa shape index (κ3) is 1.46. The number of amides is 1. The summed E-state index contributed by atoms with van der Waals surface area (Å²) in [5, 5.41) is 3.41. The summed E-state index contributed by atoms with van der Waals surface area (Å²) in [4.78, 5) is 13.6. The number of likely N-dealkylation sites (N-methyl/N-ethyl adjacent to an activating group) is 1. The predicted octanol–water partition coefficient (Wildman–Crippen LogP) is 0.748. The molecule has 3 unspecified atom stereocenters. The molecule has 74 valence electrons. The topological polar surface area (TPSA) is 32.3 Å². The van der Waals surface area contributed by atoms with E-state index in [1.807, 2.05) is 18.9 Å². The van der Waals surface area contributed by atoms with Gasteiger partial charge in [-0.3, -0.25) is 4.79 Å². The molecule has 1 heterocycles. The minimum Gasteiger partial charge on any atom is -0.340 e. The van der Waals surface area contributed by atoms with E-state index in [-0.39, 0.29) is 11.9 Å². The van der Waals surface area contributed by atoms with Gasteiger partial charge in [-0.05, 0) is 19.8 Å². The molecule has 2 rings (SSSR count). The Labute approximate surface area is 79.5 Å². The van der Waals surface area contributed by atoms with Gasteiger partial charge in [0.1, 0.15) is 0 Å². The van der Waals surface area contributed by atoms with Crippen molar-refractivity contribution in [3.63, 3.8) is 0 Å². The monoisotopic (exact) mass is 182 g/mol. The van der Waals surface area contributed by atoms with E-state index in [2.05, 4.69) is 5.32 Å². The van der Waals surface area contributed by atoms with E-state index in [4.69, 9.17) is 0 Å². The highest BCUT2D eigenvalue weighted by Gasteiger charge is 2.38. The van der Waals surface area contributed by atoms with E-state index in [1.54, 1.807) is 0 Å². The third-order valence-corrected chi connectivity index (χ3v) is 3.41. The Bertz CT molecular complexity index is 217. The van der Waals surface area contributed by atoms with Crippen molar-refractivity contribution in [2.45, 2.75) is 50.7 Å². The second-order valence-electron chi connectivity index (χ2n) is 4.30. The molecule has 1 aliphatic carbocycles. The Morgan fingerprint density at radius 2 is 2.08 bits per heavy atom. The van der Waals surface area contributed by atoms with Crippen molar-refractivity contribution < 1.29 is 4.79 Å². The van der Waals surface area contributed by atoms with Crippen molar-refractivity contribution in [2.75, 3.05) is 7.05 Å². The first-order chi connectivity index (χ1) is 6.20. The van der Waals surface area contributed by atoms with Gasteiger partial charge in [0.2, 0.25) is 5.91 Å². The van der Waals surface area contributed by atoms with Crippen LogP contribution in [0.2, 0.25) is 0 Å². The molecule has 3 heteroatoms. The quantitative estimate of drug-likeness (QED) is 0.599. The molecular formula is C10H18N2O. The number of hydrogen-bond donors (Lipinski definition) is 1. The van der Waals surface area contributed by atoms with Crippen LogP contribution in [0, 0.1) is 0 Å². The van der Waals surface area contributed by atoms with Crippen molar-refractivity contribution >= 4 is 5.91 Å². The molecule has 1 aliphatic heterocycles. The van der Waals surface area contributed by atoms with E-state index in [9.17, 15) is 4.79 Å². The smallest absolute Gasteiger partial charge is 0.239 e. The SMILES string of the molecule is CC1NC2CCCCC2N(C)C1=O.